The van der Waals surface area contributed by atoms with Crippen molar-refractivity contribution < 1.29 is 9.53 Å². The molecule has 0 amide bonds. The summed E-state index contributed by atoms with van der Waals surface area (Å²) in [5, 5.41) is 3.34. The summed E-state index contributed by atoms with van der Waals surface area (Å²) in [7, 11) is 0. The minimum absolute atomic E-state index is 0.116. The average Bonchev–Trinajstić information content (AvgIpc) is 2.15. The normalized spacial score (nSPS) is 14.7. The number of ether oxygens (including phenoxy) is 1. The molecule has 90 valence electrons. The maximum atomic E-state index is 11.2. The van der Waals surface area contributed by atoms with Crippen molar-refractivity contribution in [1.82, 2.24) is 5.32 Å². The summed E-state index contributed by atoms with van der Waals surface area (Å²) in [4.78, 5) is 11.2. The topological polar surface area (TPSA) is 38.3 Å². The third-order valence-electron chi connectivity index (χ3n) is 2.04. The SMILES string of the molecule is CCOC(=O)CC(C)NCC(C)CSC. The van der Waals surface area contributed by atoms with Crippen LogP contribution in [0.25, 0.3) is 0 Å². The van der Waals surface area contributed by atoms with Gasteiger partial charge in [-0.15, -0.1) is 0 Å². The van der Waals surface area contributed by atoms with Gasteiger partial charge < -0.3 is 10.1 Å². The van der Waals surface area contributed by atoms with Crippen molar-refractivity contribution in [2.24, 2.45) is 5.92 Å². The van der Waals surface area contributed by atoms with Crippen LogP contribution in [0.1, 0.15) is 27.2 Å². The number of nitrogens with one attached hydrogen (secondary N) is 1. The molecule has 0 fully saturated rings. The van der Waals surface area contributed by atoms with Gasteiger partial charge in [-0.3, -0.25) is 4.79 Å². The van der Waals surface area contributed by atoms with E-state index in [1.165, 1.54) is 0 Å². The highest BCUT2D eigenvalue weighted by Crippen LogP contribution is 2.03. The summed E-state index contributed by atoms with van der Waals surface area (Å²) in [6.07, 6.45) is 2.57. The summed E-state index contributed by atoms with van der Waals surface area (Å²) in [5.74, 6) is 1.68. The van der Waals surface area contributed by atoms with Crippen LogP contribution >= 0.6 is 11.8 Å². The Labute approximate surface area is 97.3 Å². The van der Waals surface area contributed by atoms with E-state index in [1.54, 1.807) is 0 Å². The molecule has 0 aliphatic carbocycles. The maximum Gasteiger partial charge on any atom is 0.307 e. The van der Waals surface area contributed by atoms with Gasteiger partial charge in [-0.25, -0.2) is 0 Å². The lowest BCUT2D eigenvalue weighted by Gasteiger charge is -2.16. The van der Waals surface area contributed by atoms with E-state index in [-0.39, 0.29) is 12.0 Å². The molecule has 0 spiro atoms. The molecule has 0 aromatic carbocycles. The molecular formula is C11H23NO2S. The van der Waals surface area contributed by atoms with Crippen LogP contribution in [0.2, 0.25) is 0 Å². The second kappa shape index (κ2) is 9.04. The van der Waals surface area contributed by atoms with Gasteiger partial charge in [0.1, 0.15) is 0 Å². The largest absolute Gasteiger partial charge is 0.466 e. The van der Waals surface area contributed by atoms with Gasteiger partial charge >= 0.3 is 5.97 Å². The van der Waals surface area contributed by atoms with E-state index in [0.29, 0.717) is 18.9 Å². The first kappa shape index (κ1) is 14.8. The average molecular weight is 233 g/mol. The molecule has 0 aliphatic heterocycles. The molecule has 2 unspecified atom stereocenters. The van der Waals surface area contributed by atoms with E-state index < -0.39 is 0 Å². The van der Waals surface area contributed by atoms with Gasteiger partial charge in [0.25, 0.3) is 0 Å². The second-order valence-electron chi connectivity index (χ2n) is 3.88. The lowest BCUT2D eigenvalue weighted by molar-refractivity contribution is -0.143. The van der Waals surface area contributed by atoms with Crippen molar-refractivity contribution in [1.29, 1.82) is 0 Å². The molecule has 1 N–H and O–H groups in total. The van der Waals surface area contributed by atoms with Crippen LogP contribution in [0, 0.1) is 5.92 Å². The molecule has 2 atom stereocenters. The quantitative estimate of drug-likeness (QED) is 0.650. The summed E-state index contributed by atoms with van der Waals surface area (Å²) < 4.78 is 4.88. The van der Waals surface area contributed by atoms with Crippen LogP contribution in [-0.4, -0.2) is 37.2 Å². The van der Waals surface area contributed by atoms with Crippen LogP contribution < -0.4 is 5.32 Å². The highest BCUT2D eigenvalue weighted by atomic mass is 32.2. The molecule has 0 rings (SSSR count). The molecule has 0 aromatic heterocycles. The zero-order valence-electron chi connectivity index (χ0n) is 10.2. The smallest absolute Gasteiger partial charge is 0.307 e. The van der Waals surface area contributed by atoms with Crippen molar-refractivity contribution in [3.63, 3.8) is 0 Å². The lowest BCUT2D eigenvalue weighted by Crippen LogP contribution is -2.33. The first-order chi connectivity index (χ1) is 7.10. The van der Waals surface area contributed by atoms with Gasteiger partial charge in [0, 0.05) is 6.04 Å². The van der Waals surface area contributed by atoms with Gasteiger partial charge in [-0.05, 0) is 38.3 Å². The minimum atomic E-state index is -0.116. The summed E-state index contributed by atoms with van der Waals surface area (Å²) in [6.45, 7) is 7.48. The third-order valence-corrected chi connectivity index (χ3v) is 2.95. The number of thioether (sulfide) groups is 1. The summed E-state index contributed by atoms with van der Waals surface area (Å²) in [5.41, 5.74) is 0. The highest BCUT2D eigenvalue weighted by molar-refractivity contribution is 7.98. The number of carbonyl (C=O) groups is 1. The van der Waals surface area contributed by atoms with Crippen molar-refractivity contribution >= 4 is 17.7 Å². The van der Waals surface area contributed by atoms with Gasteiger partial charge in [0.05, 0.1) is 13.0 Å². The fourth-order valence-electron chi connectivity index (χ4n) is 1.29. The van der Waals surface area contributed by atoms with Crippen LogP contribution in [0.15, 0.2) is 0 Å². The number of hydrogen-bond donors (Lipinski definition) is 1. The van der Waals surface area contributed by atoms with Crippen LogP contribution in [0.3, 0.4) is 0 Å². The maximum absolute atomic E-state index is 11.2. The Hall–Kier alpha value is -0.220. The second-order valence-corrected chi connectivity index (χ2v) is 4.79. The van der Waals surface area contributed by atoms with Gasteiger partial charge in [-0.2, -0.15) is 11.8 Å². The zero-order chi connectivity index (χ0) is 11.7. The number of rotatable bonds is 8. The molecule has 0 aromatic rings. The van der Waals surface area contributed by atoms with E-state index in [9.17, 15) is 4.79 Å². The Morgan fingerprint density at radius 1 is 1.47 bits per heavy atom. The van der Waals surface area contributed by atoms with E-state index in [2.05, 4.69) is 18.5 Å². The molecule has 0 aliphatic rings. The Morgan fingerprint density at radius 3 is 2.67 bits per heavy atom. The van der Waals surface area contributed by atoms with Crippen molar-refractivity contribution in [2.75, 3.05) is 25.2 Å². The molecule has 0 saturated heterocycles. The fourth-order valence-corrected chi connectivity index (χ4v) is 1.97. The molecule has 15 heavy (non-hydrogen) atoms. The summed E-state index contributed by atoms with van der Waals surface area (Å²) in [6, 6.07) is 0.202. The predicted molar refractivity (Wildman–Crippen MR) is 66.3 cm³/mol. The minimum Gasteiger partial charge on any atom is -0.466 e. The number of carbonyl (C=O) groups excluding carboxylic acids is 1. The van der Waals surface area contributed by atoms with Gasteiger partial charge in [-0.1, -0.05) is 6.92 Å². The Morgan fingerprint density at radius 2 is 2.13 bits per heavy atom. The predicted octanol–water partition coefficient (Wildman–Crippen LogP) is 1.92. The molecular weight excluding hydrogens is 210 g/mol. The first-order valence-corrected chi connectivity index (χ1v) is 6.87. The first-order valence-electron chi connectivity index (χ1n) is 5.48. The number of hydrogen-bond acceptors (Lipinski definition) is 4. The van der Waals surface area contributed by atoms with Crippen molar-refractivity contribution in [3.05, 3.63) is 0 Å². The van der Waals surface area contributed by atoms with E-state index in [1.807, 2.05) is 25.6 Å². The highest BCUT2D eigenvalue weighted by Gasteiger charge is 2.10. The molecule has 0 bridgehead atoms. The standard InChI is InChI=1S/C11H23NO2S/c1-5-14-11(13)6-10(3)12-7-9(2)8-15-4/h9-10,12H,5-8H2,1-4H3. The van der Waals surface area contributed by atoms with E-state index in [0.717, 1.165) is 12.3 Å². The molecule has 4 heteroatoms. The van der Waals surface area contributed by atoms with Crippen LogP contribution in [-0.2, 0) is 9.53 Å². The van der Waals surface area contributed by atoms with Crippen molar-refractivity contribution in [2.45, 2.75) is 33.2 Å². The molecule has 3 nitrogen and oxygen atoms in total. The molecule has 0 radical (unpaired) electrons. The Kier molecular flexibility index (Phi) is 8.91. The monoisotopic (exact) mass is 233 g/mol. The lowest BCUT2D eigenvalue weighted by atomic mass is 10.2. The third kappa shape index (κ3) is 8.75. The molecule has 0 saturated carbocycles. The molecule has 0 heterocycles. The van der Waals surface area contributed by atoms with Crippen LogP contribution in [0.4, 0.5) is 0 Å². The zero-order valence-corrected chi connectivity index (χ0v) is 11.0. The van der Waals surface area contributed by atoms with E-state index >= 15 is 0 Å². The number of esters is 1. The fraction of sp³-hybridized carbons (Fsp3) is 0.909. The van der Waals surface area contributed by atoms with Crippen LogP contribution in [0.5, 0.6) is 0 Å². The Balaban J connectivity index is 3.56. The van der Waals surface area contributed by atoms with E-state index in [4.69, 9.17) is 4.74 Å². The Bertz CT molecular complexity index is 176. The van der Waals surface area contributed by atoms with Gasteiger partial charge in [0.2, 0.25) is 0 Å². The van der Waals surface area contributed by atoms with Crippen molar-refractivity contribution in [3.8, 4) is 0 Å². The summed E-state index contributed by atoms with van der Waals surface area (Å²) >= 11 is 1.85. The van der Waals surface area contributed by atoms with Gasteiger partial charge in [0.15, 0.2) is 0 Å².